The Hall–Kier alpha value is -0.0800. The van der Waals surface area contributed by atoms with Gasteiger partial charge in [-0.25, -0.2) is 0 Å². The topological polar surface area (TPSA) is 29.5 Å². The average molecular weight is 172 g/mol. The second-order valence-electron chi connectivity index (χ2n) is 4.41. The predicted octanol–water partition coefficient (Wildman–Crippen LogP) is 1.96. The summed E-state index contributed by atoms with van der Waals surface area (Å²) < 4.78 is 5.31. The zero-order valence-corrected chi connectivity index (χ0v) is 8.34. The molecule has 2 nitrogen and oxygen atoms in total. The first-order valence-corrected chi connectivity index (χ1v) is 4.78. The summed E-state index contributed by atoms with van der Waals surface area (Å²) in [7, 11) is 1.75. The van der Waals surface area contributed by atoms with Gasteiger partial charge < -0.3 is 9.84 Å². The molecule has 0 heterocycles. The van der Waals surface area contributed by atoms with Crippen molar-refractivity contribution < 1.29 is 9.84 Å². The van der Waals surface area contributed by atoms with Gasteiger partial charge in [-0.1, -0.05) is 0 Å². The van der Waals surface area contributed by atoms with E-state index in [-0.39, 0.29) is 11.7 Å². The molecular weight excluding hydrogens is 152 g/mol. The van der Waals surface area contributed by atoms with E-state index < -0.39 is 0 Å². The molecule has 1 fully saturated rings. The monoisotopic (exact) mass is 172 g/mol. The molecule has 0 spiro atoms. The van der Waals surface area contributed by atoms with E-state index in [0.29, 0.717) is 5.92 Å². The van der Waals surface area contributed by atoms with E-state index in [1.807, 2.05) is 0 Å². The first-order valence-electron chi connectivity index (χ1n) is 4.78. The molecule has 1 aliphatic rings. The minimum absolute atomic E-state index is 0.0185. The number of hydrogen-bond acceptors (Lipinski definition) is 2. The van der Waals surface area contributed by atoms with Crippen LogP contribution in [-0.2, 0) is 4.74 Å². The van der Waals surface area contributed by atoms with E-state index in [0.717, 1.165) is 19.3 Å². The second kappa shape index (κ2) is 3.75. The minimum Gasteiger partial charge on any atom is -0.393 e. The SMILES string of the molecule is COC(C)(C)CCC1CCC1O. The third kappa shape index (κ3) is 2.46. The van der Waals surface area contributed by atoms with Crippen molar-refractivity contribution >= 4 is 0 Å². The fraction of sp³-hybridized carbons (Fsp3) is 1.00. The summed E-state index contributed by atoms with van der Waals surface area (Å²) in [6, 6.07) is 0. The fourth-order valence-electron chi connectivity index (χ4n) is 1.52. The largest absolute Gasteiger partial charge is 0.393 e. The van der Waals surface area contributed by atoms with E-state index >= 15 is 0 Å². The van der Waals surface area contributed by atoms with Gasteiger partial charge in [0.05, 0.1) is 11.7 Å². The maximum atomic E-state index is 9.34. The Balaban J connectivity index is 2.16. The molecule has 0 bridgehead atoms. The van der Waals surface area contributed by atoms with Gasteiger partial charge in [0.25, 0.3) is 0 Å². The predicted molar refractivity (Wildman–Crippen MR) is 49.1 cm³/mol. The van der Waals surface area contributed by atoms with Crippen LogP contribution in [0.25, 0.3) is 0 Å². The Morgan fingerprint density at radius 2 is 2.08 bits per heavy atom. The Morgan fingerprint density at radius 1 is 1.42 bits per heavy atom. The van der Waals surface area contributed by atoms with Crippen molar-refractivity contribution in [3.05, 3.63) is 0 Å². The molecule has 0 radical (unpaired) electrons. The van der Waals surface area contributed by atoms with Crippen LogP contribution in [0.1, 0.15) is 39.5 Å². The van der Waals surface area contributed by atoms with Crippen molar-refractivity contribution in [2.45, 2.75) is 51.2 Å². The van der Waals surface area contributed by atoms with Crippen molar-refractivity contribution in [3.63, 3.8) is 0 Å². The summed E-state index contributed by atoms with van der Waals surface area (Å²) in [6.45, 7) is 4.19. The highest BCUT2D eigenvalue weighted by Gasteiger charge is 2.30. The molecule has 1 rings (SSSR count). The van der Waals surface area contributed by atoms with Gasteiger partial charge >= 0.3 is 0 Å². The minimum atomic E-state index is -0.0299. The molecule has 0 amide bonds. The molecule has 0 aliphatic heterocycles. The third-order valence-electron chi connectivity index (χ3n) is 3.05. The summed E-state index contributed by atoms with van der Waals surface area (Å²) >= 11 is 0. The van der Waals surface area contributed by atoms with Crippen LogP contribution in [0.5, 0.6) is 0 Å². The summed E-state index contributed by atoms with van der Waals surface area (Å²) in [5, 5.41) is 9.34. The lowest BCUT2D eigenvalue weighted by Crippen LogP contribution is -2.33. The van der Waals surface area contributed by atoms with Crippen LogP contribution >= 0.6 is 0 Å². The van der Waals surface area contributed by atoms with Crippen molar-refractivity contribution in [2.75, 3.05) is 7.11 Å². The van der Waals surface area contributed by atoms with Gasteiger partial charge in [-0.15, -0.1) is 0 Å². The Morgan fingerprint density at radius 3 is 2.42 bits per heavy atom. The lowest BCUT2D eigenvalue weighted by molar-refractivity contribution is -0.0197. The van der Waals surface area contributed by atoms with Gasteiger partial charge in [0, 0.05) is 7.11 Å². The first-order chi connectivity index (χ1) is 5.55. The van der Waals surface area contributed by atoms with Crippen molar-refractivity contribution in [1.82, 2.24) is 0 Å². The van der Waals surface area contributed by atoms with Crippen LogP contribution in [0.4, 0.5) is 0 Å². The Labute approximate surface area is 74.9 Å². The number of methoxy groups -OCH3 is 1. The Kier molecular flexibility index (Phi) is 3.13. The average Bonchev–Trinajstić information content (AvgIpc) is 2.02. The van der Waals surface area contributed by atoms with Crippen LogP contribution in [-0.4, -0.2) is 23.9 Å². The van der Waals surface area contributed by atoms with Crippen LogP contribution in [0.3, 0.4) is 0 Å². The van der Waals surface area contributed by atoms with E-state index in [1.165, 1.54) is 6.42 Å². The molecule has 12 heavy (non-hydrogen) atoms. The van der Waals surface area contributed by atoms with E-state index in [1.54, 1.807) is 7.11 Å². The second-order valence-corrected chi connectivity index (χ2v) is 4.41. The number of aliphatic hydroxyl groups is 1. The smallest absolute Gasteiger partial charge is 0.0622 e. The standard InChI is InChI=1S/C10H20O2/c1-10(2,12-3)7-6-8-4-5-9(8)11/h8-9,11H,4-7H2,1-3H3. The first kappa shape index (κ1) is 10.0. The molecule has 0 aromatic rings. The van der Waals surface area contributed by atoms with Gasteiger partial charge in [-0.05, 0) is 45.4 Å². The quantitative estimate of drug-likeness (QED) is 0.702. The van der Waals surface area contributed by atoms with Gasteiger partial charge in [0.2, 0.25) is 0 Å². The van der Waals surface area contributed by atoms with Gasteiger partial charge in [0.15, 0.2) is 0 Å². The number of aliphatic hydroxyl groups excluding tert-OH is 1. The normalized spacial score (nSPS) is 30.0. The van der Waals surface area contributed by atoms with Crippen molar-refractivity contribution in [3.8, 4) is 0 Å². The molecule has 1 saturated carbocycles. The number of rotatable bonds is 4. The molecule has 72 valence electrons. The van der Waals surface area contributed by atoms with E-state index in [9.17, 15) is 5.11 Å². The molecule has 0 aromatic heterocycles. The summed E-state index contributed by atoms with van der Waals surface area (Å²) in [5.41, 5.74) is -0.0185. The summed E-state index contributed by atoms with van der Waals surface area (Å²) in [4.78, 5) is 0. The molecule has 2 heteroatoms. The molecular formula is C10H20O2. The lowest BCUT2D eigenvalue weighted by atomic mass is 9.77. The molecule has 0 aromatic carbocycles. The van der Waals surface area contributed by atoms with Gasteiger partial charge in [-0.2, -0.15) is 0 Å². The summed E-state index contributed by atoms with van der Waals surface area (Å²) in [6.07, 6.45) is 4.31. The highest BCUT2D eigenvalue weighted by atomic mass is 16.5. The van der Waals surface area contributed by atoms with E-state index in [2.05, 4.69) is 13.8 Å². The molecule has 0 saturated heterocycles. The molecule has 2 unspecified atom stereocenters. The highest BCUT2D eigenvalue weighted by Crippen LogP contribution is 2.33. The summed E-state index contributed by atoms with van der Waals surface area (Å²) in [5.74, 6) is 0.541. The molecule has 1 N–H and O–H groups in total. The fourth-order valence-corrected chi connectivity index (χ4v) is 1.52. The van der Waals surface area contributed by atoms with Crippen molar-refractivity contribution in [1.29, 1.82) is 0 Å². The Bertz CT molecular complexity index is 143. The third-order valence-corrected chi connectivity index (χ3v) is 3.05. The zero-order chi connectivity index (χ0) is 9.19. The number of ether oxygens (including phenoxy) is 1. The number of hydrogen-bond donors (Lipinski definition) is 1. The van der Waals surface area contributed by atoms with Crippen LogP contribution in [0.15, 0.2) is 0 Å². The molecule has 1 aliphatic carbocycles. The van der Waals surface area contributed by atoms with Gasteiger partial charge in [-0.3, -0.25) is 0 Å². The van der Waals surface area contributed by atoms with Crippen LogP contribution in [0.2, 0.25) is 0 Å². The zero-order valence-electron chi connectivity index (χ0n) is 8.34. The maximum Gasteiger partial charge on any atom is 0.0622 e. The lowest BCUT2D eigenvalue weighted by Gasteiger charge is -2.34. The van der Waals surface area contributed by atoms with Crippen LogP contribution < -0.4 is 0 Å². The molecule has 2 atom stereocenters. The highest BCUT2D eigenvalue weighted by molar-refractivity contribution is 4.82. The van der Waals surface area contributed by atoms with Gasteiger partial charge in [0.1, 0.15) is 0 Å². The van der Waals surface area contributed by atoms with E-state index in [4.69, 9.17) is 4.74 Å². The van der Waals surface area contributed by atoms with Crippen molar-refractivity contribution in [2.24, 2.45) is 5.92 Å². The van der Waals surface area contributed by atoms with Crippen LogP contribution in [0, 0.1) is 5.92 Å². The maximum absolute atomic E-state index is 9.34.